The van der Waals surface area contributed by atoms with Crippen LogP contribution in [0.25, 0.3) is 10.9 Å². The van der Waals surface area contributed by atoms with Crippen molar-refractivity contribution < 1.29 is 19.4 Å². The lowest BCUT2D eigenvalue weighted by Crippen LogP contribution is -2.20. The molecular formula is C25H19Br2N3O5. The summed E-state index contributed by atoms with van der Waals surface area (Å²) in [4.78, 5) is 28.6. The molecule has 0 spiro atoms. The van der Waals surface area contributed by atoms with Crippen LogP contribution in [0.2, 0.25) is 0 Å². The second kappa shape index (κ2) is 10.4. The van der Waals surface area contributed by atoms with E-state index in [1.807, 2.05) is 6.07 Å². The molecule has 4 aromatic rings. The second-order valence-electron chi connectivity index (χ2n) is 7.50. The van der Waals surface area contributed by atoms with Gasteiger partial charge in [-0.2, -0.15) is 9.78 Å². The Hall–Kier alpha value is -3.50. The molecule has 35 heavy (non-hydrogen) atoms. The Balaban J connectivity index is 1.62. The third kappa shape index (κ3) is 5.44. The molecule has 3 aromatic carbocycles. The molecule has 0 fully saturated rings. The number of aromatic carboxylic acids is 1. The number of hydrogen-bond acceptors (Lipinski definition) is 6. The number of rotatable bonds is 7. The summed E-state index contributed by atoms with van der Waals surface area (Å²) in [6.07, 6.45) is 1.53. The number of hydrogen-bond donors (Lipinski definition) is 1. The highest BCUT2D eigenvalue weighted by molar-refractivity contribution is 9.10. The molecule has 0 saturated heterocycles. The van der Waals surface area contributed by atoms with E-state index in [-0.39, 0.29) is 17.7 Å². The molecule has 0 aliphatic carbocycles. The maximum atomic E-state index is 13.0. The van der Waals surface area contributed by atoms with Gasteiger partial charge in [-0.25, -0.2) is 9.78 Å². The SMILES string of the molecule is COc1cc(C=Nn2c(C)nc3ccc(Br)cc3c2=O)c(Br)cc1OCc1cccc(C(=O)O)c1. The van der Waals surface area contributed by atoms with E-state index in [4.69, 9.17) is 14.6 Å². The van der Waals surface area contributed by atoms with Crippen molar-refractivity contribution in [2.75, 3.05) is 7.11 Å². The zero-order valence-corrected chi connectivity index (χ0v) is 21.8. The van der Waals surface area contributed by atoms with Gasteiger partial charge in [0.1, 0.15) is 12.4 Å². The summed E-state index contributed by atoms with van der Waals surface area (Å²) < 4.78 is 14.0. The van der Waals surface area contributed by atoms with Crippen LogP contribution in [0.3, 0.4) is 0 Å². The van der Waals surface area contributed by atoms with Crippen molar-refractivity contribution in [2.45, 2.75) is 13.5 Å². The average molecular weight is 601 g/mol. The van der Waals surface area contributed by atoms with Crippen LogP contribution in [0.1, 0.15) is 27.3 Å². The van der Waals surface area contributed by atoms with E-state index in [0.29, 0.717) is 43.8 Å². The summed E-state index contributed by atoms with van der Waals surface area (Å²) in [6.45, 7) is 1.87. The van der Waals surface area contributed by atoms with Crippen LogP contribution in [-0.4, -0.2) is 34.1 Å². The zero-order valence-electron chi connectivity index (χ0n) is 18.7. The van der Waals surface area contributed by atoms with Crippen molar-refractivity contribution >= 4 is 54.9 Å². The van der Waals surface area contributed by atoms with E-state index in [1.165, 1.54) is 24.1 Å². The molecule has 0 atom stereocenters. The number of aryl methyl sites for hydroxylation is 1. The maximum Gasteiger partial charge on any atom is 0.335 e. The first kappa shape index (κ1) is 24.6. The first-order chi connectivity index (χ1) is 16.8. The molecule has 1 heterocycles. The largest absolute Gasteiger partial charge is 0.493 e. The summed E-state index contributed by atoms with van der Waals surface area (Å²) in [5.74, 6) is 0.364. The Kier molecular flexibility index (Phi) is 7.32. The predicted molar refractivity (Wildman–Crippen MR) is 140 cm³/mol. The molecule has 8 nitrogen and oxygen atoms in total. The first-order valence-electron chi connectivity index (χ1n) is 10.3. The van der Waals surface area contributed by atoms with Crippen LogP contribution < -0.4 is 15.0 Å². The van der Waals surface area contributed by atoms with Gasteiger partial charge in [-0.3, -0.25) is 4.79 Å². The number of carboxylic acids is 1. The number of ether oxygens (including phenoxy) is 2. The number of halogens is 2. The smallest absolute Gasteiger partial charge is 0.335 e. The van der Waals surface area contributed by atoms with Crippen LogP contribution >= 0.6 is 31.9 Å². The fourth-order valence-electron chi connectivity index (χ4n) is 3.39. The molecule has 10 heteroatoms. The van der Waals surface area contributed by atoms with Gasteiger partial charge in [-0.15, -0.1) is 0 Å². The first-order valence-corrected chi connectivity index (χ1v) is 11.9. The summed E-state index contributed by atoms with van der Waals surface area (Å²) >= 11 is 6.90. The third-order valence-electron chi connectivity index (χ3n) is 5.13. The number of aromatic nitrogens is 2. The molecule has 0 radical (unpaired) electrons. The molecule has 0 saturated carbocycles. The maximum absolute atomic E-state index is 13.0. The predicted octanol–water partition coefficient (Wildman–Crippen LogP) is 5.40. The second-order valence-corrected chi connectivity index (χ2v) is 9.27. The van der Waals surface area contributed by atoms with E-state index in [9.17, 15) is 9.59 Å². The lowest BCUT2D eigenvalue weighted by atomic mass is 10.1. The average Bonchev–Trinajstić information content (AvgIpc) is 2.84. The summed E-state index contributed by atoms with van der Waals surface area (Å²) in [5.41, 5.74) is 1.87. The fraction of sp³-hybridized carbons (Fsp3) is 0.120. The highest BCUT2D eigenvalue weighted by Crippen LogP contribution is 2.33. The van der Waals surface area contributed by atoms with Crippen LogP contribution in [0.15, 0.2) is 73.4 Å². The molecule has 0 amide bonds. The molecule has 1 aromatic heterocycles. The van der Waals surface area contributed by atoms with Gasteiger partial charge >= 0.3 is 5.97 Å². The summed E-state index contributed by atoms with van der Waals surface area (Å²) in [7, 11) is 1.52. The Labute approximate surface area is 217 Å². The highest BCUT2D eigenvalue weighted by atomic mass is 79.9. The van der Waals surface area contributed by atoms with E-state index in [2.05, 4.69) is 41.9 Å². The van der Waals surface area contributed by atoms with Gasteiger partial charge in [0, 0.05) is 14.5 Å². The van der Waals surface area contributed by atoms with Gasteiger partial charge in [0.15, 0.2) is 11.5 Å². The fourth-order valence-corrected chi connectivity index (χ4v) is 4.18. The van der Waals surface area contributed by atoms with Crippen LogP contribution in [0.5, 0.6) is 11.5 Å². The molecule has 1 N–H and O–H groups in total. The van der Waals surface area contributed by atoms with Crippen molar-refractivity contribution in [2.24, 2.45) is 5.10 Å². The molecule has 178 valence electrons. The number of methoxy groups -OCH3 is 1. The van der Waals surface area contributed by atoms with Crippen molar-refractivity contribution in [3.05, 3.63) is 96.4 Å². The molecule has 0 aliphatic heterocycles. The van der Waals surface area contributed by atoms with Crippen molar-refractivity contribution in [3.63, 3.8) is 0 Å². The van der Waals surface area contributed by atoms with Crippen molar-refractivity contribution in [1.29, 1.82) is 0 Å². The Bertz CT molecular complexity index is 1530. The Morgan fingerprint density at radius 2 is 1.94 bits per heavy atom. The number of carboxylic acid groups (broad SMARTS) is 1. The minimum atomic E-state index is -1.00. The van der Waals surface area contributed by atoms with Crippen LogP contribution in [0.4, 0.5) is 0 Å². The topological polar surface area (TPSA) is 103 Å². The minimum absolute atomic E-state index is 0.157. The van der Waals surface area contributed by atoms with Crippen LogP contribution in [0, 0.1) is 6.92 Å². The number of fused-ring (bicyclic) bond motifs is 1. The number of nitrogens with zero attached hydrogens (tertiary/aromatic N) is 3. The standard InChI is InChI=1S/C25H19Br2N3O5/c1-14-29-21-7-6-18(26)10-19(21)24(31)30(14)28-12-17-9-22(34-2)23(11-20(17)27)35-13-15-4-3-5-16(8-15)25(32)33/h3-12H,13H2,1-2H3,(H,32,33). The molecule has 0 aliphatic rings. The minimum Gasteiger partial charge on any atom is -0.493 e. The molecule has 0 bridgehead atoms. The van der Waals surface area contributed by atoms with Gasteiger partial charge < -0.3 is 14.6 Å². The Morgan fingerprint density at radius 1 is 1.14 bits per heavy atom. The van der Waals surface area contributed by atoms with Crippen molar-refractivity contribution in [1.82, 2.24) is 9.66 Å². The van der Waals surface area contributed by atoms with Gasteiger partial charge in [0.25, 0.3) is 5.56 Å². The van der Waals surface area contributed by atoms with E-state index in [1.54, 1.807) is 49.4 Å². The lowest BCUT2D eigenvalue weighted by Gasteiger charge is -2.13. The van der Waals surface area contributed by atoms with Gasteiger partial charge in [0.2, 0.25) is 0 Å². The number of benzene rings is 3. The summed E-state index contributed by atoms with van der Waals surface area (Å²) in [5, 5.41) is 14.0. The molecule has 0 unspecified atom stereocenters. The normalized spacial score (nSPS) is 11.2. The van der Waals surface area contributed by atoms with Crippen LogP contribution in [-0.2, 0) is 6.61 Å². The lowest BCUT2D eigenvalue weighted by molar-refractivity contribution is 0.0696. The third-order valence-corrected chi connectivity index (χ3v) is 6.31. The van der Waals surface area contributed by atoms with Crippen molar-refractivity contribution in [3.8, 4) is 11.5 Å². The highest BCUT2D eigenvalue weighted by Gasteiger charge is 2.12. The molecule has 4 rings (SSSR count). The van der Waals surface area contributed by atoms with Gasteiger partial charge in [-0.05, 0) is 70.9 Å². The zero-order chi connectivity index (χ0) is 25.1. The van der Waals surface area contributed by atoms with E-state index < -0.39 is 5.97 Å². The van der Waals surface area contributed by atoms with Gasteiger partial charge in [-0.1, -0.05) is 28.1 Å². The van der Waals surface area contributed by atoms with E-state index in [0.717, 1.165) is 4.47 Å². The summed E-state index contributed by atoms with van der Waals surface area (Å²) in [6, 6.07) is 15.3. The van der Waals surface area contributed by atoms with Gasteiger partial charge in [0.05, 0.1) is 29.8 Å². The monoisotopic (exact) mass is 599 g/mol. The quantitative estimate of drug-likeness (QED) is 0.285. The molecular weight excluding hydrogens is 582 g/mol. The van der Waals surface area contributed by atoms with E-state index >= 15 is 0 Å². The number of carbonyl (C=O) groups is 1. The Morgan fingerprint density at radius 3 is 2.69 bits per heavy atom.